The fourth-order valence-electron chi connectivity index (χ4n) is 7.94. The van der Waals surface area contributed by atoms with Crippen LogP contribution >= 0.6 is 0 Å². The van der Waals surface area contributed by atoms with Gasteiger partial charge in [0.25, 0.3) is 0 Å². The molecule has 52 heavy (non-hydrogen) atoms. The predicted molar refractivity (Wildman–Crippen MR) is 214 cm³/mol. The first-order chi connectivity index (χ1) is 25.8. The molecule has 3 aromatic heterocycles. The summed E-state index contributed by atoms with van der Waals surface area (Å²) in [5, 5.41) is 6.12. The molecule has 0 unspecified atom stereocenters. The van der Waals surface area contributed by atoms with Crippen molar-refractivity contribution >= 4 is 82.9 Å². The van der Waals surface area contributed by atoms with Crippen LogP contribution in [0.25, 0.3) is 88.1 Å². The second-order valence-electron chi connectivity index (χ2n) is 13.2. The summed E-state index contributed by atoms with van der Waals surface area (Å²) in [5.41, 5.74) is 12.3. The van der Waals surface area contributed by atoms with Crippen molar-refractivity contribution in [1.29, 1.82) is 0 Å². The van der Waals surface area contributed by atoms with Gasteiger partial charge in [0.1, 0.15) is 27.9 Å². The quantitative estimate of drug-likeness (QED) is 0.183. The lowest BCUT2D eigenvalue weighted by atomic mass is 9.98. The van der Waals surface area contributed by atoms with E-state index in [9.17, 15) is 0 Å². The molecular weight excluding hydrogens is 639 g/mol. The van der Waals surface area contributed by atoms with Crippen molar-refractivity contribution in [3.8, 4) is 22.3 Å². The van der Waals surface area contributed by atoms with Crippen LogP contribution in [0.1, 0.15) is 0 Å². The molecule has 0 aliphatic rings. The molecule has 0 saturated heterocycles. The first kappa shape index (κ1) is 28.8. The van der Waals surface area contributed by atoms with E-state index >= 15 is 0 Å². The maximum absolute atomic E-state index is 6.90. The summed E-state index contributed by atoms with van der Waals surface area (Å²) >= 11 is 0. The Kier molecular flexibility index (Phi) is 6.22. The van der Waals surface area contributed by atoms with Gasteiger partial charge in [-0.1, -0.05) is 127 Å². The third-order valence-corrected chi connectivity index (χ3v) is 10.3. The zero-order chi connectivity index (χ0) is 34.2. The van der Waals surface area contributed by atoms with E-state index in [1.54, 1.807) is 0 Å². The van der Waals surface area contributed by atoms with Crippen molar-refractivity contribution in [2.24, 2.45) is 0 Å². The van der Waals surface area contributed by atoms with Gasteiger partial charge in [-0.15, -0.1) is 0 Å². The summed E-state index contributed by atoms with van der Waals surface area (Å²) in [5.74, 6) is 0. The monoisotopic (exact) mass is 667 g/mol. The highest BCUT2D eigenvalue weighted by Crippen LogP contribution is 2.51. The summed E-state index contributed by atoms with van der Waals surface area (Å²) in [4.78, 5) is 2.30. The highest BCUT2D eigenvalue weighted by molar-refractivity contribution is 6.33. The number of hydrogen-bond donors (Lipinski definition) is 0. The Morgan fingerprint density at radius 2 is 0.942 bits per heavy atom. The first-order valence-electron chi connectivity index (χ1n) is 17.5. The maximum Gasteiger partial charge on any atom is 0.160 e. The Hall–Kier alpha value is -7.04. The van der Waals surface area contributed by atoms with Gasteiger partial charge in [-0.3, -0.25) is 0 Å². The van der Waals surface area contributed by atoms with Crippen LogP contribution in [0.4, 0.5) is 17.1 Å². The lowest BCUT2D eigenvalue weighted by Crippen LogP contribution is -2.11. The lowest BCUT2D eigenvalue weighted by Gasteiger charge is -2.28. The molecule has 0 radical (unpaired) electrons. The number of rotatable bonds is 5. The number of anilines is 3. The minimum atomic E-state index is 0.766. The number of benzene rings is 8. The van der Waals surface area contributed by atoms with Crippen LogP contribution < -0.4 is 4.90 Å². The molecular formula is C48H29NO3. The van der Waals surface area contributed by atoms with Gasteiger partial charge in [-0.25, -0.2) is 0 Å². The normalized spacial score (nSPS) is 11.8. The highest BCUT2D eigenvalue weighted by Gasteiger charge is 2.27. The second-order valence-corrected chi connectivity index (χ2v) is 13.2. The summed E-state index contributed by atoms with van der Waals surface area (Å²) < 4.78 is 20.3. The molecule has 0 aliphatic carbocycles. The van der Waals surface area contributed by atoms with Gasteiger partial charge in [-0.2, -0.15) is 0 Å². The van der Waals surface area contributed by atoms with Crippen LogP contribution in [0.15, 0.2) is 189 Å². The van der Waals surface area contributed by atoms with Gasteiger partial charge in [-0.05, 0) is 59.2 Å². The molecule has 4 heteroatoms. The van der Waals surface area contributed by atoms with Crippen LogP contribution in [0.3, 0.4) is 0 Å². The maximum atomic E-state index is 6.90. The number of hydrogen-bond acceptors (Lipinski definition) is 4. The minimum Gasteiger partial charge on any atom is -0.456 e. The van der Waals surface area contributed by atoms with E-state index in [0.717, 1.165) is 94.0 Å². The van der Waals surface area contributed by atoms with E-state index in [2.05, 4.69) is 144 Å². The van der Waals surface area contributed by atoms with Gasteiger partial charge in [0.15, 0.2) is 5.58 Å². The SMILES string of the molecule is c1ccc(-c2ccc(-c3ccccc3N(c3ccccc3)c3cc4oc5ccc6c7ccccc7oc6c5c4c4c3oc3ccccc34)cc2)cc1. The molecule has 244 valence electrons. The van der Waals surface area contributed by atoms with Crippen LogP contribution in [-0.2, 0) is 0 Å². The zero-order valence-corrected chi connectivity index (χ0v) is 27.9. The molecule has 8 aromatic carbocycles. The van der Waals surface area contributed by atoms with Crippen molar-refractivity contribution < 1.29 is 13.3 Å². The van der Waals surface area contributed by atoms with Crippen molar-refractivity contribution in [2.75, 3.05) is 4.90 Å². The Bertz CT molecular complexity index is 3110. The molecule has 0 saturated carbocycles. The third-order valence-electron chi connectivity index (χ3n) is 10.3. The largest absolute Gasteiger partial charge is 0.456 e. The van der Waals surface area contributed by atoms with Crippen molar-refractivity contribution in [1.82, 2.24) is 0 Å². The fourth-order valence-corrected chi connectivity index (χ4v) is 7.94. The second kappa shape index (κ2) is 11.2. The van der Waals surface area contributed by atoms with Gasteiger partial charge in [0.05, 0.1) is 16.8 Å². The van der Waals surface area contributed by atoms with Crippen molar-refractivity contribution in [3.05, 3.63) is 176 Å². The van der Waals surface area contributed by atoms with Gasteiger partial charge >= 0.3 is 0 Å². The Balaban J connectivity index is 1.21. The molecule has 0 fully saturated rings. The van der Waals surface area contributed by atoms with Gasteiger partial charge in [0, 0.05) is 44.2 Å². The smallest absolute Gasteiger partial charge is 0.160 e. The third kappa shape index (κ3) is 4.28. The molecule has 0 aliphatic heterocycles. The topological polar surface area (TPSA) is 42.7 Å². The molecule has 0 atom stereocenters. The standard InChI is InChI=1S/C48H29NO3/c1-3-13-30(14-4-1)31-23-25-32(26-24-31)34-17-7-10-20-38(34)49(33-15-5-2-6-16-33)39-29-43-45(44-37-19-9-12-22-41(37)52-48(39)44)46-42(50-43)28-27-36-35-18-8-11-21-40(35)51-47(36)46/h1-29H. The number of fused-ring (bicyclic) bond motifs is 11. The lowest BCUT2D eigenvalue weighted by molar-refractivity contribution is 0.660. The minimum absolute atomic E-state index is 0.766. The number of nitrogens with zero attached hydrogens (tertiary/aromatic N) is 1. The fraction of sp³-hybridized carbons (Fsp3) is 0. The molecule has 0 spiro atoms. The molecule has 11 rings (SSSR count). The van der Waals surface area contributed by atoms with E-state index in [1.807, 2.05) is 36.4 Å². The van der Waals surface area contributed by atoms with Gasteiger partial charge in [0.2, 0.25) is 0 Å². The molecule has 11 aromatic rings. The van der Waals surface area contributed by atoms with Crippen LogP contribution in [0.2, 0.25) is 0 Å². The summed E-state index contributed by atoms with van der Waals surface area (Å²) in [6.45, 7) is 0. The van der Waals surface area contributed by atoms with Crippen molar-refractivity contribution in [3.63, 3.8) is 0 Å². The molecule has 0 bridgehead atoms. The summed E-state index contributed by atoms with van der Waals surface area (Å²) in [6, 6.07) is 61.1. The summed E-state index contributed by atoms with van der Waals surface area (Å²) in [7, 11) is 0. The van der Waals surface area contributed by atoms with Crippen LogP contribution in [0.5, 0.6) is 0 Å². The van der Waals surface area contributed by atoms with E-state index in [0.29, 0.717) is 0 Å². The highest BCUT2D eigenvalue weighted by atomic mass is 16.3. The Morgan fingerprint density at radius 3 is 1.75 bits per heavy atom. The van der Waals surface area contributed by atoms with Gasteiger partial charge < -0.3 is 18.2 Å². The predicted octanol–water partition coefficient (Wildman–Crippen LogP) is 14.2. The molecule has 0 N–H and O–H groups in total. The van der Waals surface area contributed by atoms with E-state index in [-0.39, 0.29) is 0 Å². The Morgan fingerprint density at radius 1 is 0.327 bits per heavy atom. The number of para-hydroxylation sites is 4. The molecule has 4 nitrogen and oxygen atoms in total. The first-order valence-corrected chi connectivity index (χ1v) is 17.5. The van der Waals surface area contributed by atoms with Crippen LogP contribution in [0, 0.1) is 0 Å². The zero-order valence-electron chi connectivity index (χ0n) is 27.9. The van der Waals surface area contributed by atoms with Crippen LogP contribution in [-0.4, -0.2) is 0 Å². The van der Waals surface area contributed by atoms with E-state index in [1.165, 1.54) is 11.1 Å². The average molecular weight is 668 g/mol. The molecule has 3 heterocycles. The van der Waals surface area contributed by atoms with Crippen molar-refractivity contribution in [2.45, 2.75) is 0 Å². The Labute approximate surface area is 298 Å². The van der Waals surface area contributed by atoms with E-state index < -0.39 is 0 Å². The average Bonchev–Trinajstić information content (AvgIpc) is 3.90. The van der Waals surface area contributed by atoms with E-state index in [4.69, 9.17) is 13.3 Å². The summed E-state index contributed by atoms with van der Waals surface area (Å²) in [6.07, 6.45) is 0. The molecule has 0 amide bonds. The number of furan rings is 3.